The zero-order valence-corrected chi connectivity index (χ0v) is 12.2. The Balaban J connectivity index is 0.00000121. The quantitative estimate of drug-likeness (QED) is 0.868. The Morgan fingerprint density at radius 2 is 1.65 bits per heavy atom. The van der Waals surface area contributed by atoms with E-state index in [1.54, 1.807) is 0 Å². The SMILES string of the molecule is CCCC(C)(C)c1ccccc1N(C)C.CN. The molecular formula is C15H28N2. The van der Waals surface area contributed by atoms with Crippen LogP contribution in [0.5, 0.6) is 0 Å². The average molecular weight is 236 g/mol. The molecule has 0 atom stereocenters. The molecule has 0 amide bonds. The minimum Gasteiger partial charge on any atom is -0.377 e. The van der Waals surface area contributed by atoms with Crippen molar-refractivity contribution in [3.8, 4) is 0 Å². The minimum absolute atomic E-state index is 0.273. The van der Waals surface area contributed by atoms with E-state index in [2.05, 4.69) is 69.8 Å². The lowest BCUT2D eigenvalue weighted by Crippen LogP contribution is -2.21. The van der Waals surface area contributed by atoms with Gasteiger partial charge >= 0.3 is 0 Å². The molecule has 2 heteroatoms. The predicted molar refractivity (Wildman–Crippen MR) is 78.8 cm³/mol. The van der Waals surface area contributed by atoms with Gasteiger partial charge in [-0.25, -0.2) is 0 Å². The van der Waals surface area contributed by atoms with E-state index in [1.165, 1.54) is 31.1 Å². The van der Waals surface area contributed by atoms with Gasteiger partial charge in [-0.15, -0.1) is 0 Å². The van der Waals surface area contributed by atoms with Crippen LogP contribution in [0.2, 0.25) is 0 Å². The average Bonchev–Trinajstić information content (AvgIpc) is 2.31. The maximum Gasteiger partial charge on any atom is 0.0399 e. The monoisotopic (exact) mass is 236 g/mol. The molecule has 2 N–H and O–H groups in total. The molecule has 2 nitrogen and oxygen atoms in total. The Bertz CT molecular complexity index is 316. The second-order valence-corrected chi connectivity index (χ2v) is 5.05. The van der Waals surface area contributed by atoms with Gasteiger partial charge < -0.3 is 10.6 Å². The first-order chi connectivity index (χ1) is 7.99. The summed E-state index contributed by atoms with van der Waals surface area (Å²) in [5.74, 6) is 0. The standard InChI is InChI=1S/C14H23N.CH5N/c1-6-11-14(2,3)12-9-7-8-10-13(12)15(4)5;1-2/h7-10H,6,11H2,1-5H3;2H2,1H3. The van der Waals surface area contributed by atoms with Crippen molar-refractivity contribution in [2.45, 2.75) is 39.0 Å². The van der Waals surface area contributed by atoms with Crippen LogP contribution in [-0.2, 0) is 5.41 Å². The highest BCUT2D eigenvalue weighted by Crippen LogP contribution is 2.34. The van der Waals surface area contributed by atoms with Crippen molar-refractivity contribution in [2.75, 3.05) is 26.0 Å². The van der Waals surface area contributed by atoms with E-state index in [0.29, 0.717) is 0 Å². The smallest absolute Gasteiger partial charge is 0.0399 e. The number of hydrogen-bond acceptors (Lipinski definition) is 2. The zero-order chi connectivity index (χ0) is 13.5. The summed E-state index contributed by atoms with van der Waals surface area (Å²) in [6.45, 7) is 6.91. The second-order valence-electron chi connectivity index (χ2n) is 5.05. The van der Waals surface area contributed by atoms with Gasteiger partial charge in [-0.1, -0.05) is 45.4 Å². The Kier molecular flexibility index (Phi) is 6.89. The van der Waals surface area contributed by atoms with Crippen LogP contribution in [0.1, 0.15) is 39.2 Å². The molecule has 1 rings (SSSR count). The Morgan fingerprint density at radius 1 is 1.12 bits per heavy atom. The molecule has 0 bridgehead atoms. The number of para-hydroxylation sites is 1. The fourth-order valence-corrected chi connectivity index (χ4v) is 2.20. The minimum atomic E-state index is 0.273. The molecular weight excluding hydrogens is 208 g/mol. The van der Waals surface area contributed by atoms with Gasteiger partial charge in [-0.3, -0.25) is 0 Å². The number of benzene rings is 1. The third kappa shape index (κ3) is 4.39. The molecule has 0 aromatic heterocycles. The molecule has 0 unspecified atom stereocenters. The van der Waals surface area contributed by atoms with Crippen LogP contribution in [0, 0.1) is 0 Å². The predicted octanol–water partition coefficient (Wildman–Crippen LogP) is 3.41. The third-order valence-electron chi connectivity index (χ3n) is 2.99. The molecule has 0 radical (unpaired) electrons. The van der Waals surface area contributed by atoms with Crippen molar-refractivity contribution in [3.05, 3.63) is 29.8 Å². The Morgan fingerprint density at radius 3 is 2.12 bits per heavy atom. The van der Waals surface area contributed by atoms with Gasteiger partial charge in [0.2, 0.25) is 0 Å². The fraction of sp³-hybridized carbons (Fsp3) is 0.600. The van der Waals surface area contributed by atoms with E-state index < -0.39 is 0 Å². The first-order valence-electron chi connectivity index (χ1n) is 6.33. The number of rotatable bonds is 4. The Hall–Kier alpha value is -1.02. The fourth-order valence-electron chi connectivity index (χ4n) is 2.20. The van der Waals surface area contributed by atoms with Crippen molar-refractivity contribution >= 4 is 5.69 Å². The summed E-state index contributed by atoms with van der Waals surface area (Å²) in [4.78, 5) is 2.20. The summed E-state index contributed by atoms with van der Waals surface area (Å²) in [5, 5.41) is 0. The molecule has 0 spiro atoms. The van der Waals surface area contributed by atoms with Gasteiger partial charge in [-0.05, 0) is 30.5 Å². The van der Waals surface area contributed by atoms with E-state index >= 15 is 0 Å². The number of nitrogens with zero attached hydrogens (tertiary/aromatic N) is 1. The molecule has 0 saturated heterocycles. The first kappa shape index (κ1) is 16.0. The largest absolute Gasteiger partial charge is 0.377 e. The summed E-state index contributed by atoms with van der Waals surface area (Å²) in [5.41, 5.74) is 7.57. The van der Waals surface area contributed by atoms with Crippen LogP contribution in [0.3, 0.4) is 0 Å². The molecule has 0 aliphatic rings. The van der Waals surface area contributed by atoms with Crippen molar-refractivity contribution in [1.29, 1.82) is 0 Å². The lowest BCUT2D eigenvalue weighted by molar-refractivity contribution is 0.473. The molecule has 1 aromatic rings. The van der Waals surface area contributed by atoms with Crippen LogP contribution in [-0.4, -0.2) is 21.1 Å². The third-order valence-corrected chi connectivity index (χ3v) is 2.99. The normalized spacial score (nSPS) is 10.5. The molecule has 0 fully saturated rings. The maximum atomic E-state index is 4.50. The molecule has 0 saturated carbocycles. The van der Waals surface area contributed by atoms with Crippen LogP contribution < -0.4 is 10.6 Å². The van der Waals surface area contributed by atoms with Gasteiger partial charge in [-0.2, -0.15) is 0 Å². The maximum absolute atomic E-state index is 4.50. The van der Waals surface area contributed by atoms with E-state index in [-0.39, 0.29) is 5.41 Å². The van der Waals surface area contributed by atoms with Gasteiger partial charge in [0.05, 0.1) is 0 Å². The summed E-state index contributed by atoms with van der Waals surface area (Å²) < 4.78 is 0. The zero-order valence-electron chi connectivity index (χ0n) is 12.2. The highest BCUT2D eigenvalue weighted by molar-refractivity contribution is 5.55. The summed E-state index contributed by atoms with van der Waals surface area (Å²) in [7, 11) is 5.72. The second kappa shape index (κ2) is 7.33. The number of hydrogen-bond donors (Lipinski definition) is 1. The van der Waals surface area contributed by atoms with Gasteiger partial charge in [0.1, 0.15) is 0 Å². The van der Waals surface area contributed by atoms with Crippen LogP contribution >= 0.6 is 0 Å². The van der Waals surface area contributed by atoms with E-state index in [9.17, 15) is 0 Å². The summed E-state index contributed by atoms with van der Waals surface area (Å²) >= 11 is 0. The topological polar surface area (TPSA) is 29.3 Å². The van der Waals surface area contributed by atoms with E-state index in [4.69, 9.17) is 0 Å². The van der Waals surface area contributed by atoms with Gasteiger partial charge in [0, 0.05) is 19.8 Å². The van der Waals surface area contributed by atoms with Crippen LogP contribution in [0.15, 0.2) is 24.3 Å². The molecule has 98 valence electrons. The first-order valence-corrected chi connectivity index (χ1v) is 6.33. The highest BCUT2D eigenvalue weighted by Gasteiger charge is 2.22. The molecule has 17 heavy (non-hydrogen) atoms. The van der Waals surface area contributed by atoms with Crippen molar-refractivity contribution in [2.24, 2.45) is 5.73 Å². The molecule has 0 aliphatic carbocycles. The number of anilines is 1. The van der Waals surface area contributed by atoms with E-state index in [1.807, 2.05) is 0 Å². The lowest BCUT2D eigenvalue weighted by Gasteiger charge is -2.29. The van der Waals surface area contributed by atoms with Gasteiger partial charge in [0.15, 0.2) is 0 Å². The molecule has 0 heterocycles. The molecule has 0 aliphatic heterocycles. The van der Waals surface area contributed by atoms with Crippen molar-refractivity contribution in [1.82, 2.24) is 0 Å². The lowest BCUT2D eigenvalue weighted by atomic mass is 9.79. The van der Waals surface area contributed by atoms with Gasteiger partial charge in [0.25, 0.3) is 0 Å². The molecule has 1 aromatic carbocycles. The highest BCUT2D eigenvalue weighted by atomic mass is 15.1. The van der Waals surface area contributed by atoms with E-state index in [0.717, 1.165) is 0 Å². The Labute approximate surface area is 107 Å². The summed E-state index contributed by atoms with van der Waals surface area (Å²) in [6, 6.07) is 8.71. The van der Waals surface area contributed by atoms with Crippen molar-refractivity contribution in [3.63, 3.8) is 0 Å². The van der Waals surface area contributed by atoms with Crippen LogP contribution in [0.25, 0.3) is 0 Å². The number of nitrogens with two attached hydrogens (primary N) is 1. The van der Waals surface area contributed by atoms with Crippen molar-refractivity contribution < 1.29 is 0 Å². The van der Waals surface area contributed by atoms with Crippen LogP contribution in [0.4, 0.5) is 5.69 Å². The summed E-state index contributed by atoms with van der Waals surface area (Å²) in [6.07, 6.45) is 2.46.